The molecule has 4 heterocycles. The van der Waals surface area contributed by atoms with Gasteiger partial charge in [-0.15, -0.1) is 0 Å². The molecule has 5 rings (SSSR count). The highest BCUT2D eigenvalue weighted by molar-refractivity contribution is 5.94. The molecule has 30 heavy (non-hydrogen) atoms. The first-order valence-electron chi connectivity index (χ1n) is 11.1. The number of anilines is 2. The number of nitrogens with zero attached hydrogens (tertiary/aromatic N) is 5. The Bertz CT molecular complexity index is 937. The van der Waals surface area contributed by atoms with Crippen LogP contribution in [0.25, 0.3) is 0 Å². The van der Waals surface area contributed by atoms with E-state index in [-0.39, 0.29) is 11.7 Å². The highest BCUT2D eigenvalue weighted by atomic mass is 19.1. The largest absolute Gasteiger partial charge is 0.356 e. The van der Waals surface area contributed by atoms with Crippen LogP contribution in [0.1, 0.15) is 53.7 Å². The molecule has 0 radical (unpaired) electrons. The van der Waals surface area contributed by atoms with E-state index in [2.05, 4.69) is 9.80 Å². The van der Waals surface area contributed by atoms with E-state index in [1.165, 1.54) is 44.2 Å². The summed E-state index contributed by atoms with van der Waals surface area (Å²) in [5.74, 6) is 1.33. The van der Waals surface area contributed by atoms with Gasteiger partial charge in [-0.2, -0.15) is 4.98 Å². The molecule has 1 amide bonds. The van der Waals surface area contributed by atoms with Crippen LogP contribution in [0.2, 0.25) is 0 Å². The van der Waals surface area contributed by atoms with E-state index in [1.807, 2.05) is 0 Å². The minimum atomic E-state index is -0.384. The number of piperidine rings is 1. The molecule has 2 saturated heterocycles. The number of rotatable bonds is 3. The third-order valence-corrected chi connectivity index (χ3v) is 6.43. The first-order chi connectivity index (χ1) is 14.7. The number of hydrogen-bond acceptors (Lipinski definition) is 5. The van der Waals surface area contributed by atoms with Crippen molar-refractivity contribution in [1.29, 1.82) is 0 Å². The molecule has 158 valence electrons. The summed E-state index contributed by atoms with van der Waals surface area (Å²) < 4.78 is 13.6. The second-order valence-electron chi connectivity index (χ2n) is 8.50. The van der Waals surface area contributed by atoms with Gasteiger partial charge in [0.2, 0.25) is 5.95 Å². The number of carbonyl (C=O) groups is 1. The van der Waals surface area contributed by atoms with Crippen LogP contribution in [0, 0.1) is 5.82 Å². The van der Waals surface area contributed by atoms with Crippen molar-refractivity contribution in [2.75, 3.05) is 42.5 Å². The van der Waals surface area contributed by atoms with E-state index in [0.29, 0.717) is 25.1 Å². The smallest absolute Gasteiger partial charge is 0.254 e. The van der Waals surface area contributed by atoms with Gasteiger partial charge in [-0.3, -0.25) is 4.79 Å². The summed E-state index contributed by atoms with van der Waals surface area (Å²) in [5, 5.41) is 0. The molecule has 2 aromatic rings. The van der Waals surface area contributed by atoms with Crippen LogP contribution in [0.4, 0.5) is 16.2 Å². The van der Waals surface area contributed by atoms with Gasteiger partial charge < -0.3 is 14.7 Å². The van der Waals surface area contributed by atoms with Crippen LogP contribution in [0.15, 0.2) is 24.3 Å². The van der Waals surface area contributed by atoms with Crippen LogP contribution in [-0.2, 0) is 13.0 Å². The van der Waals surface area contributed by atoms with Crippen molar-refractivity contribution in [3.63, 3.8) is 0 Å². The van der Waals surface area contributed by atoms with Crippen LogP contribution in [0.5, 0.6) is 0 Å². The fourth-order valence-corrected chi connectivity index (χ4v) is 4.79. The van der Waals surface area contributed by atoms with E-state index in [4.69, 9.17) is 9.97 Å². The second kappa shape index (κ2) is 8.20. The van der Waals surface area contributed by atoms with Crippen molar-refractivity contribution < 1.29 is 9.18 Å². The molecule has 3 aliphatic rings. The Morgan fingerprint density at radius 1 is 0.900 bits per heavy atom. The number of halogens is 1. The third-order valence-electron chi connectivity index (χ3n) is 6.43. The standard InChI is InChI=1S/C23H28FN5O/c24-18-8-6-7-17(15-18)22(30)29-14-9-20-19(16-29)21(27-10-4-5-11-27)26-23(25-20)28-12-2-1-3-13-28/h6-8,15H,1-5,9-14,16H2. The number of benzene rings is 1. The van der Waals surface area contributed by atoms with E-state index < -0.39 is 0 Å². The lowest BCUT2D eigenvalue weighted by molar-refractivity contribution is 0.0733. The van der Waals surface area contributed by atoms with Gasteiger partial charge in [-0.1, -0.05) is 6.07 Å². The van der Waals surface area contributed by atoms with E-state index in [1.54, 1.807) is 17.0 Å². The highest BCUT2D eigenvalue weighted by Gasteiger charge is 2.30. The lowest BCUT2D eigenvalue weighted by atomic mass is 10.0. The molecule has 1 aromatic heterocycles. The summed E-state index contributed by atoms with van der Waals surface area (Å²) in [7, 11) is 0. The summed E-state index contributed by atoms with van der Waals surface area (Å²) in [6.45, 7) is 5.11. The normalized spacial score (nSPS) is 19.2. The Kier molecular flexibility index (Phi) is 5.27. The topological polar surface area (TPSA) is 52.6 Å². The zero-order valence-corrected chi connectivity index (χ0v) is 17.3. The molecule has 0 N–H and O–H groups in total. The Hall–Kier alpha value is -2.70. The molecule has 0 unspecified atom stereocenters. The first-order valence-corrected chi connectivity index (χ1v) is 11.1. The number of amides is 1. The van der Waals surface area contributed by atoms with Crippen molar-refractivity contribution in [2.24, 2.45) is 0 Å². The van der Waals surface area contributed by atoms with Gasteiger partial charge in [0.25, 0.3) is 5.91 Å². The summed E-state index contributed by atoms with van der Waals surface area (Å²) >= 11 is 0. The SMILES string of the molecule is O=C(c1cccc(F)c1)N1CCc2nc(N3CCCCC3)nc(N3CCCC3)c2C1. The number of aromatic nitrogens is 2. The molecule has 0 spiro atoms. The summed E-state index contributed by atoms with van der Waals surface area (Å²) in [6.07, 6.45) is 6.70. The van der Waals surface area contributed by atoms with Crippen LogP contribution < -0.4 is 9.80 Å². The van der Waals surface area contributed by atoms with Gasteiger partial charge in [-0.25, -0.2) is 9.37 Å². The molecule has 0 atom stereocenters. The monoisotopic (exact) mass is 409 g/mol. The fraction of sp³-hybridized carbons (Fsp3) is 0.522. The van der Waals surface area contributed by atoms with Gasteiger partial charge >= 0.3 is 0 Å². The Morgan fingerprint density at radius 3 is 2.40 bits per heavy atom. The predicted octanol–water partition coefficient (Wildman–Crippen LogP) is 3.40. The second-order valence-corrected chi connectivity index (χ2v) is 8.50. The van der Waals surface area contributed by atoms with Gasteiger partial charge in [0.1, 0.15) is 11.6 Å². The molecule has 0 saturated carbocycles. The van der Waals surface area contributed by atoms with Gasteiger partial charge in [0.15, 0.2) is 0 Å². The van der Waals surface area contributed by atoms with E-state index >= 15 is 0 Å². The maximum atomic E-state index is 13.6. The summed E-state index contributed by atoms with van der Waals surface area (Å²) in [6, 6.07) is 5.95. The quantitative estimate of drug-likeness (QED) is 0.778. The van der Waals surface area contributed by atoms with Crippen molar-refractivity contribution in [3.8, 4) is 0 Å². The van der Waals surface area contributed by atoms with Gasteiger partial charge in [-0.05, 0) is 50.3 Å². The molecular weight excluding hydrogens is 381 g/mol. The molecule has 2 fully saturated rings. The third kappa shape index (κ3) is 3.73. The Balaban J connectivity index is 1.47. The van der Waals surface area contributed by atoms with Gasteiger partial charge in [0.05, 0.1) is 12.2 Å². The minimum absolute atomic E-state index is 0.132. The molecule has 6 nitrogen and oxygen atoms in total. The average Bonchev–Trinajstić information content (AvgIpc) is 3.33. The molecule has 0 aliphatic carbocycles. The first kappa shape index (κ1) is 19.3. The highest BCUT2D eigenvalue weighted by Crippen LogP contribution is 2.32. The maximum Gasteiger partial charge on any atom is 0.254 e. The molecule has 7 heteroatoms. The van der Waals surface area contributed by atoms with Crippen molar-refractivity contribution >= 4 is 17.7 Å². The number of hydrogen-bond donors (Lipinski definition) is 0. The van der Waals surface area contributed by atoms with Crippen molar-refractivity contribution in [2.45, 2.75) is 45.1 Å². The van der Waals surface area contributed by atoms with Crippen molar-refractivity contribution in [3.05, 3.63) is 46.9 Å². The zero-order chi connectivity index (χ0) is 20.5. The van der Waals surface area contributed by atoms with Crippen LogP contribution in [-0.4, -0.2) is 53.5 Å². The lowest BCUT2D eigenvalue weighted by Crippen LogP contribution is -2.39. The number of carbonyl (C=O) groups excluding carboxylic acids is 1. The van der Waals surface area contributed by atoms with Crippen LogP contribution >= 0.6 is 0 Å². The zero-order valence-electron chi connectivity index (χ0n) is 17.3. The lowest BCUT2D eigenvalue weighted by Gasteiger charge is -2.34. The average molecular weight is 410 g/mol. The predicted molar refractivity (Wildman–Crippen MR) is 114 cm³/mol. The molecule has 0 bridgehead atoms. The number of fused-ring (bicyclic) bond motifs is 1. The maximum absolute atomic E-state index is 13.6. The van der Waals surface area contributed by atoms with E-state index in [0.717, 1.165) is 49.2 Å². The Morgan fingerprint density at radius 2 is 1.63 bits per heavy atom. The molecular formula is C23H28FN5O. The van der Waals surface area contributed by atoms with Crippen LogP contribution in [0.3, 0.4) is 0 Å². The fourth-order valence-electron chi connectivity index (χ4n) is 4.79. The Labute approximate surface area is 176 Å². The van der Waals surface area contributed by atoms with Gasteiger partial charge in [0, 0.05) is 50.3 Å². The molecule has 1 aromatic carbocycles. The minimum Gasteiger partial charge on any atom is -0.356 e. The summed E-state index contributed by atoms with van der Waals surface area (Å²) in [5.41, 5.74) is 2.52. The summed E-state index contributed by atoms with van der Waals surface area (Å²) in [4.78, 5) is 29.4. The van der Waals surface area contributed by atoms with Crippen molar-refractivity contribution in [1.82, 2.24) is 14.9 Å². The van der Waals surface area contributed by atoms with E-state index in [9.17, 15) is 9.18 Å². The molecule has 3 aliphatic heterocycles.